The molecule has 0 spiro atoms. The normalized spacial score (nSPS) is 25.7. The quantitative estimate of drug-likeness (QED) is 0.0104. The number of hydrogen-bond acceptors (Lipinski definition) is 31. The average molecular weight is 1540 g/mol. The van der Waals surface area contributed by atoms with E-state index in [2.05, 4.69) is 26.3 Å². The molecule has 44 heteroatoms. The van der Waals surface area contributed by atoms with Crippen molar-refractivity contribution in [3.63, 3.8) is 0 Å². The molecule has 11 N–H and O–H groups in total. The minimum absolute atomic E-state index is 0. The van der Waals surface area contributed by atoms with Crippen molar-refractivity contribution >= 4 is 82.4 Å². The molecule has 4 aromatic rings. The van der Waals surface area contributed by atoms with Crippen LogP contribution in [0.4, 0.5) is 5.69 Å². The number of amides is 4. The number of rotatable bonds is 29. The Morgan fingerprint density at radius 2 is 1.30 bits per heavy atom. The molecule has 3 aromatic carbocycles. The molecule has 1 aromatic heterocycles. The summed E-state index contributed by atoms with van der Waals surface area (Å²) in [5, 5.41) is 76.4. The second-order valence-electron chi connectivity index (χ2n) is 23.5. The van der Waals surface area contributed by atoms with Crippen molar-refractivity contribution < 1.29 is 254 Å². The van der Waals surface area contributed by atoms with Crippen molar-refractivity contribution in [3.8, 4) is 0 Å². The molecule has 2 saturated heterocycles. The van der Waals surface area contributed by atoms with E-state index in [1.54, 1.807) is 6.07 Å². The Kier molecular flexibility index (Phi) is 36.4. The third kappa shape index (κ3) is 24.9. The molecular formula is C58H70N6Na4O31S3. The van der Waals surface area contributed by atoms with Crippen LogP contribution in [-0.2, 0) is 87.4 Å². The van der Waals surface area contributed by atoms with Gasteiger partial charge in [-0.05, 0) is 73.9 Å². The molecule has 4 fully saturated rings. The zero-order valence-electron chi connectivity index (χ0n) is 55.7. The van der Waals surface area contributed by atoms with Gasteiger partial charge in [-0.1, -0.05) is 50.3 Å². The number of carbonyl (C=O) groups excluding carboxylic acids is 6. The topological polar surface area (TPSA) is 586 Å². The van der Waals surface area contributed by atoms with Crippen molar-refractivity contribution in [2.45, 2.75) is 159 Å². The maximum Gasteiger partial charge on any atom is 1.00 e. The van der Waals surface area contributed by atoms with Gasteiger partial charge in [-0.3, -0.25) is 29.0 Å². The number of H-pyrrole nitrogens is 2. The number of aromatic nitrogens is 2. The van der Waals surface area contributed by atoms with Crippen molar-refractivity contribution in [3.05, 3.63) is 92.8 Å². The number of fused-ring (bicyclic) bond motifs is 1. The number of aliphatic carboxylic acids is 1. The maximum atomic E-state index is 14.4. The number of aromatic amines is 2. The van der Waals surface area contributed by atoms with Crippen LogP contribution < -0.4 is 156 Å². The molecule has 2 aliphatic heterocycles. The molecule has 3 heterocycles. The number of anilines is 1. The number of esters is 1. The molecule has 15 unspecified atom stereocenters. The summed E-state index contributed by atoms with van der Waals surface area (Å²) >= 11 is 0. The van der Waals surface area contributed by atoms with Crippen LogP contribution in [0.25, 0.3) is 10.8 Å². The maximum absolute atomic E-state index is 14.4. The van der Waals surface area contributed by atoms with Gasteiger partial charge in [0.15, 0.2) is 18.7 Å². The monoisotopic (exact) mass is 1530 g/mol. The number of hydrogen-bond donors (Lipinski definition) is 11. The van der Waals surface area contributed by atoms with E-state index in [1.165, 1.54) is 31.2 Å². The van der Waals surface area contributed by atoms with Crippen molar-refractivity contribution in [1.82, 2.24) is 25.9 Å². The van der Waals surface area contributed by atoms with Gasteiger partial charge in [0.05, 0.1) is 76.1 Å². The SMILES string of the molecule is CC1OC(OC2C(NC(=O)c3cc(=O)[nH]c(=O)[nH]3)CC(C(=O)NCCNC(=O)COCCOCC(=O)Nc3cc(S(=O)(=O)[O-])cc4cc(S(=O)(=O)[O-])cc(S(=O)(=O)[O-])c34)CC2OC2OC(CO)C(O)C(OC(CC3CCCCC3)C(=O)[O-])C2OC(=O)c2ccccc2)C(O)C(O)C1O.[Na+].[Na+].[Na+].[Na+]. The van der Waals surface area contributed by atoms with Crippen LogP contribution in [0.1, 0.15) is 79.1 Å². The van der Waals surface area contributed by atoms with E-state index in [0.717, 1.165) is 25.3 Å². The Hall–Kier alpha value is -3.33. The van der Waals surface area contributed by atoms with Gasteiger partial charge in [-0.2, -0.15) is 0 Å². The molecule has 37 nitrogen and oxygen atoms in total. The van der Waals surface area contributed by atoms with Gasteiger partial charge in [-0.15, -0.1) is 0 Å². The van der Waals surface area contributed by atoms with Crippen molar-refractivity contribution in [2.75, 3.05) is 51.4 Å². The van der Waals surface area contributed by atoms with Crippen molar-refractivity contribution in [2.24, 2.45) is 11.8 Å². The first kappa shape index (κ1) is 91.1. The molecule has 15 atom stereocenters. The van der Waals surface area contributed by atoms with E-state index in [0.29, 0.717) is 31.0 Å². The summed E-state index contributed by atoms with van der Waals surface area (Å²) in [6.07, 6.45) is -20.8. The van der Waals surface area contributed by atoms with Gasteiger partial charge in [0.25, 0.3) is 11.5 Å². The molecule has 0 bridgehead atoms. The Balaban J connectivity index is 0.00000551. The summed E-state index contributed by atoms with van der Waals surface area (Å²) in [6.45, 7) is -2.66. The zero-order chi connectivity index (χ0) is 71.6. The fourth-order valence-electron chi connectivity index (χ4n) is 11.7. The van der Waals surface area contributed by atoms with Gasteiger partial charge in [0.1, 0.15) is 92.0 Å². The Morgan fingerprint density at radius 1 is 0.686 bits per heavy atom. The Morgan fingerprint density at radius 3 is 1.90 bits per heavy atom. The molecule has 2 aliphatic carbocycles. The number of carboxylic acids is 1. The van der Waals surface area contributed by atoms with Crippen LogP contribution in [0.2, 0.25) is 0 Å². The fraction of sp³-hybridized carbons (Fsp3) is 0.552. The predicted octanol–water partition coefficient (Wildman–Crippen LogP) is -17.3. The molecule has 0 radical (unpaired) electrons. The summed E-state index contributed by atoms with van der Waals surface area (Å²) in [5.41, 5.74) is -3.59. The van der Waals surface area contributed by atoms with Crippen LogP contribution in [-0.4, -0.2) is 242 Å². The Bertz CT molecular complexity index is 4000. The first-order chi connectivity index (χ1) is 46.2. The predicted molar refractivity (Wildman–Crippen MR) is 320 cm³/mol. The first-order valence-corrected chi connectivity index (χ1v) is 34.6. The summed E-state index contributed by atoms with van der Waals surface area (Å²) in [6, 6.07) is 8.09. The smallest absolute Gasteiger partial charge is 0.744 e. The van der Waals surface area contributed by atoms with Gasteiger partial charge < -0.3 is 113 Å². The number of carboxylic acid groups (broad SMARTS) is 1. The van der Waals surface area contributed by atoms with E-state index >= 15 is 0 Å². The molecule has 4 amide bonds. The molecule has 102 heavy (non-hydrogen) atoms. The number of benzene rings is 3. The number of nitrogens with one attached hydrogen (secondary N) is 6. The number of ether oxygens (including phenoxy) is 8. The van der Waals surface area contributed by atoms with Crippen LogP contribution >= 0.6 is 0 Å². The van der Waals surface area contributed by atoms with Gasteiger partial charge in [0.2, 0.25) is 17.7 Å². The minimum atomic E-state index is -5.65. The van der Waals surface area contributed by atoms with E-state index in [9.17, 15) is 108 Å². The summed E-state index contributed by atoms with van der Waals surface area (Å²) < 4.78 is 155. The van der Waals surface area contributed by atoms with E-state index in [-0.39, 0.29) is 162 Å². The minimum Gasteiger partial charge on any atom is -0.744 e. The van der Waals surface area contributed by atoms with Crippen molar-refractivity contribution in [1.29, 1.82) is 0 Å². The summed E-state index contributed by atoms with van der Waals surface area (Å²) in [4.78, 5) is 106. The molecule has 4 aliphatic rings. The van der Waals surface area contributed by atoms with Crippen LogP contribution in [0, 0.1) is 11.8 Å². The molecular weight excluding hydrogens is 1460 g/mol. The number of aliphatic hydroxyl groups excluding tert-OH is 5. The number of carbonyl (C=O) groups is 6. The van der Waals surface area contributed by atoms with Crippen LogP contribution in [0.15, 0.2) is 84.9 Å². The van der Waals surface area contributed by atoms with Crippen LogP contribution in [0.5, 0.6) is 0 Å². The second kappa shape index (κ2) is 40.7. The summed E-state index contributed by atoms with van der Waals surface area (Å²) in [7, 11) is -16.5. The first-order valence-electron chi connectivity index (χ1n) is 30.4. The second-order valence-corrected chi connectivity index (χ2v) is 27.6. The molecule has 540 valence electrons. The zero-order valence-corrected chi connectivity index (χ0v) is 66.1. The third-order valence-electron chi connectivity index (χ3n) is 16.5. The van der Waals surface area contributed by atoms with E-state index in [1.807, 2.05) is 4.98 Å². The standard InChI is InChI=1S/C58H74N6O31S3.4Na/c1-27-45(69)47(71)48(72)56(90-27)95-49-35(62-53(74)36-23-41(66)64-58(78)63-36)19-31(20-37(49)92-57-51(94-55(77)29-10-6-3-7-11-29)50(46(70)39(24-65)93-57)91-38(54(75)76)16-28-8-4-2-5-9-28)52(73)60-13-12-59-42(67)25-88-14-15-89-26-43(68)61-34-21-32(96(79,80)81)17-30-18-33(97(82,83)84)22-40(44(30)34)98(85,86)87;;;;/h3,6-7,10-11,17-18,21-23,27-28,31,35,37-39,45-51,56-57,65,69-72H,2,4-5,8-9,12-16,19-20,24-26H2,1H3,(H,59,67)(H,60,73)(H,61,68)(H,62,74)(H,75,76)(H,79,80,81)(H,82,83,84)(H,85,86,87)(H2,63,64,66,78);;;;/q;4*+1/p-4. The molecule has 2 saturated carbocycles. The number of aliphatic hydroxyl groups is 5. The average Bonchev–Trinajstić information content (AvgIpc) is 0.755. The van der Waals surface area contributed by atoms with E-state index in [4.69, 9.17) is 37.9 Å². The summed E-state index contributed by atoms with van der Waals surface area (Å²) in [5.74, 6) is -8.18. The molecule has 8 rings (SSSR count). The van der Waals surface area contributed by atoms with Gasteiger partial charge in [0, 0.05) is 30.5 Å². The third-order valence-corrected chi connectivity index (χ3v) is 19.0. The fourth-order valence-corrected chi connectivity index (χ4v) is 13.6. The van der Waals surface area contributed by atoms with Gasteiger partial charge in [-0.25, -0.2) is 34.8 Å². The van der Waals surface area contributed by atoms with Crippen LogP contribution in [0.3, 0.4) is 0 Å². The Labute approximate surface area is 670 Å². The van der Waals surface area contributed by atoms with Gasteiger partial charge >= 0.3 is 130 Å². The largest absolute Gasteiger partial charge is 1.00 e. The van der Waals surface area contributed by atoms with E-state index < -0.39 is 245 Å².